The number of hydrogen-bond acceptors (Lipinski definition) is 4. The number of unbranched alkanes of at least 4 members (excludes halogenated alkanes) is 8. The minimum absolute atomic E-state index is 0. The summed E-state index contributed by atoms with van der Waals surface area (Å²) in [5.41, 5.74) is 10.4. The Morgan fingerprint density at radius 2 is 1.37 bits per heavy atom. The van der Waals surface area contributed by atoms with Gasteiger partial charge in [0.05, 0.1) is 0 Å². The first-order valence-corrected chi connectivity index (χ1v) is 10.5. The summed E-state index contributed by atoms with van der Waals surface area (Å²) in [6.07, 6.45) is 11.9. The van der Waals surface area contributed by atoms with Crippen LogP contribution in [0.2, 0.25) is 0 Å². The van der Waals surface area contributed by atoms with E-state index in [9.17, 15) is 9.59 Å². The molecule has 0 rings (SSSR count). The average molecular weight is 453 g/mol. The topological polar surface area (TPSA) is 168 Å². The van der Waals surface area contributed by atoms with Crippen molar-refractivity contribution >= 4 is 36.2 Å². The minimum Gasteiger partial charge on any atom is -0.481 e. The van der Waals surface area contributed by atoms with Crippen LogP contribution in [0.15, 0.2) is 4.99 Å². The molecule has 0 saturated heterocycles. The van der Waals surface area contributed by atoms with Crippen molar-refractivity contribution in [2.24, 2.45) is 16.5 Å². The zero-order valence-electron chi connectivity index (χ0n) is 18.4. The molecule has 0 spiro atoms. The zero-order chi connectivity index (χ0) is 22.5. The molecule has 0 aromatic heterocycles. The second kappa shape index (κ2) is 23.3. The van der Waals surface area contributed by atoms with E-state index in [4.69, 9.17) is 26.5 Å². The van der Waals surface area contributed by atoms with E-state index in [1.165, 1.54) is 38.5 Å². The molecular formula is C20H41ClN4O5. The number of carbonyl (C=O) groups excluding carboxylic acids is 1. The third-order valence-corrected chi connectivity index (χ3v) is 4.09. The second-order valence-electron chi connectivity index (χ2n) is 7.00. The molecule has 178 valence electrons. The van der Waals surface area contributed by atoms with Gasteiger partial charge < -0.3 is 27.0 Å². The van der Waals surface area contributed by atoms with Crippen molar-refractivity contribution in [1.29, 1.82) is 0 Å². The SMILES string of the molecule is CC(=O)O.CCCCCCCCCCCC(=O)NC(CCCN=C(N)N)C(=O)O.Cl. The molecule has 1 atom stereocenters. The molecule has 0 radical (unpaired) electrons. The van der Waals surface area contributed by atoms with Crippen LogP contribution in [0.5, 0.6) is 0 Å². The van der Waals surface area contributed by atoms with E-state index in [0.29, 0.717) is 25.8 Å². The summed E-state index contributed by atoms with van der Waals surface area (Å²) in [5, 5.41) is 19.2. The molecule has 7 N–H and O–H groups in total. The van der Waals surface area contributed by atoms with Gasteiger partial charge in [0.25, 0.3) is 5.97 Å². The van der Waals surface area contributed by atoms with Gasteiger partial charge in [-0.05, 0) is 19.3 Å². The first-order valence-electron chi connectivity index (χ1n) is 10.5. The summed E-state index contributed by atoms with van der Waals surface area (Å²) in [6.45, 7) is 3.66. The van der Waals surface area contributed by atoms with E-state index in [0.717, 1.165) is 26.2 Å². The number of hydrogen-bond donors (Lipinski definition) is 5. The van der Waals surface area contributed by atoms with Crippen molar-refractivity contribution in [2.45, 2.75) is 96.9 Å². The first-order chi connectivity index (χ1) is 13.7. The maximum absolute atomic E-state index is 11.9. The number of carbonyl (C=O) groups is 3. The molecule has 0 heterocycles. The zero-order valence-corrected chi connectivity index (χ0v) is 19.2. The van der Waals surface area contributed by atoms with Crippen LogP contribution in [0.25, 0.3) is 0 Å². The highest BCUT2D eigenvalue weighted by atomic mass is 35.5. The van der Waals surface area contributed by atoms with Crippen LogP contribution in [0.3, 0.4) is 0 Å². The van der Waals surface area contributed by atoms with Gasteiger partial charge in [-0.25, -0.2) is 4.79 Å². The van der Waals surface area contributed by atoms with Crippen LogP contribution in [0, 0.1) is 0 Å². The Hall–Kier alpha value is -2.03. The average Bonchev–Trinajstić information content (AvgIpc) is 2.62. The number of carboxylic acids is 2. The predicted octanol–water partition coefficient (Wildman–Crippen LogP) is 3.04. The van der Waals surface area contributed by atoms with Gasteiger partial charge in [0.15, 0.2) is 5.96 Å². The lowest BCUT2D eigenvalue weighted by Crippen LogP contribution is -2.40. The van der Waals surface area contributed by atoms with E-state index in [2.05, 4.69) is 17.2 Å². The van der Waals surface area contributed by atoms with Gasteiger partial charge in [0.1, 0.15) is 6.04 Å². The van der Waals surface area contributed by atoms with E-state index in [1.807, 2.05) is 0 Å². The molecule has 0 aromatic carbocycles. The maximum atomic E-state index is 11.9. The molecule has 0 aliphatic rings. The minimum atomic E-state index is -1.02. The van der Waals surface area contributed by atoms with Gasteiger partial charge in [-0.1, -0.05) is 58.3 Å². The quantitative estimate of drug-likeness (QED) is 0.136. The number of carboxylic acid groups (broad SMARTS) is 2. The van der Waals surface area contributed by atoms with Gasteiger partial charge in [-0.15, -0.1) is 12.4 Å². The highest BCUT2D eigenvalue weighted by molar-refractivity contribution is 5.85. The van der Waals surface area contributed by atoms with Gasteiger partial charge >= 0.3 is 5.97 Å². The molecule has 30 heavy (non-hydrogen) atoms. The number of amides is 1. The third kappa shape index (κ3) is 28.2. The Morgan fingerprint density at radius 3 is 1.80 bits per heavy atom. The summed E-state index contributed by atoms with van der Waals surface area (Å²) in [7, 11) is 0. The Bertz CT molecular complexity index is 482. The number of nitrogens with one attached hydrogen (secondary N) is 1. The lowest BCUT2D eigenvalue weighted by molar-refractivity contribution is -0.142. The van der Waals surface area contributed by atoms with Gasteiger partial charge in [0.2, 0.25) is 5.91 Å². The van der Waals surface area contributed by atoms with Crippen LogP contribution in [-0.2, 0) is 14.4 Å². The van der Waals surface area contributed by atoms with Crippen LogP contribution in [0.1, 0.15) is 90.9 Å². The monoisotopic (exact) mass is 452 g/mol. The second-order valence-corrected chi connectivity index (χ2v) is 7.00. The molecule has 0 aliphatic carbocycles. The fourth-order valence-corrected chi connectivity index (χ4v) is 2.62. The fraction of sp³-hybridized carbons (Fsp3) is 0.800. The number of halogens is 1. The largest absolute Gasteiger partial charge is 0.481 e. The molecule has 9 nitrogen and oxygen atoms in total. The number of nitrogens with two attached hydrogens (primary N) is 2. The van der Waals surface area contributed by atoms with Crippen LogP contribution >= 0.6 is 12.4 Å². The number of guanidine groups is 1. The van der Waals surface area contributed by atoms with Crippen LogP contribution in [-0.4, -0.2) is 46.6 Å². The van der Waals surface area contributed by atoms with Crippen molar-refractivity contribution in [3.05, 3.63) is 0 Å². The molecule has 0 fully saturated rings. The summed E-state index contributed by atoms with van der Waals surface area (Å²) in [4.78, 5) is 35.9. The molecule has 1 unspecified atom stereocenters. The first kappa shape index (κ1) is 32.6. The normalized spacial score (nSPS) is 10.6. The number of rotatable bonds is 16. The van der Waals surface area contributed by atoms with Crippen molar-refractivity contribution in [1.82, 2.24) is 5.32 Å². The van der Waals surface area contributed by atoms with Crippen LogP contribution < -0.4 is 16.8 Å². The van der Waals surface area contributed by atoms with E-state index >= 15 is 0 Å². The van der Waals surface area contributed by atoms with Gasteiger partial charge in [-0.3, -0.25) is 14.6 Å². The Labute approximate surface area is 186 Å². The molecule has 0 aromatic rings. The summed E-state index contributed by atoms with van der Waals surface area (Å²) in [6, 6.07) is -0.875. The summed E-state index contributed by atoms with van der Waals surface area (Å²) < 4.78 is 0. The smallest absolute Gasteiger partial charge is 0.326 e. The number of aliphatic imine (C=N–C) groups is 1. The fourth-order valence-electron chi connectivity index (χ4n) is 2.62. The van der Waals surface area contributed by atoms with Crippen molar-refractivity contribution in [2.75, 3.05) is 6.54 Å². The van der Waals surface area contributed by atoms with Crippen molar-refractivity contribution in [3.8, 4) is 0 Å². The molecule has 10 heteroatoms. The van der Waals surface area contributed by atoms with Gasteiger partial charge in [-0.2, -0.15) is 0 Å². The van der Waals surface area contributed by atoms with E-state index in [1.54, 1.807) is 0 Å². The highest BCUT2D eigenvalue weighted by Gasteiger charge is 2.18. The standard InChI is InChI=1S/C18H36N4O3.C2H4O2.ClH/c1-2-3-4-5-6-7-8-9-10-13-16(23)22-15(17(24)25)12-11-14-21-18(19)20;1-2(3)4;/h15H,2-14H2,1H3,(H,22,23)(H,24,25)(H4,19,20,21);1H3,(H,3,4);1H. The lowest BCUT2D eigenvalue weighted by Gasteiger charge is -2.14. The lowest BCUT2D eigenvalue weighted by atomic mass is 10.1. The molecule has 0 aliphatic heterocycles. The van der Waals surface area contributed by atoms with E-state index < -0.39 is 18.0 Å². The summed E-state index contributed by atoms with van der Waals surface area (Å²) >= 11 is 0. The molecule has 0 saturated carbocycles. The Kier molecular flexibility index (Phi) is 25.3. The highest BCUT2D eigenvalue weighted by Crippen LogP contribution is 2.10. The van der Waals surface area contributed by atoms with Crippen molar-refractivity contribution in [3.63, 3.8) is 0 Å². The molecule has 0 bridgehead atoms. The maximum Gasteiger partial charge on any atom is 0.326 e. The number of aliphatic carboxylic acids is 2. The van der Waals surface area contributed by atoms with Gasteiger partial charge in [0, 0.05) is 19.9 Å². The predicted molar refractivity (Wildman–Crippen MR) is 122 cm³/mol. The third-order valence-electron chi connectivity index (χ3n) is 4.09. The van der Waals surface area contributed by atoms with Crippen LogP contribution in [0.4, 0.5) is 0 Å². The molecule has 1 amide bonds. The Morgan fingerprint density at radius 1 is 0.900 bits per heavy atom. The number of nitrogens with zero attached hydrogens (tertiary/aromatic N) is 1. The summed E-state index contributed by atoms with van der Waals surface area (Å²) in [5.74, 6) is -2.07. The molecular weight excluding hydrogens is 412 g/mol. The van der Waals surface area contributed by atoms with Crippen molar-refractivity contribution < 1.29 is 24.6 Å². The van der Waals surface area contributed by atoms with E-state index in [-0.39, 0.29) is 24.3 Å². The Balaban J connectivity index is -0.00000133.